The highest BCUT2D eigenvalue weighted by molar-refractivity contribution is 14.0. The number of halogens is 1. The summed E-state index contributed by atoms with van der Waals surface area (Å²) < 4.78 is 0. The van der Waals surface area contributed by atoms with Crippen LogP contribution in [0.4, 0.5) is 5.69 Å². The summed E-state index contributed by atoms with van der Waals surface area (Å²) in [7, 11) is 5.91. The monoisotopic (exact) mass is 444 g/mol. The Morgan fingerprint density at radius 2 is 2.00 bits per heavy atom. The van der Waals surface area contributed by atoms with E-state index in [1.165, 1.54) is 16.1 Å². The molecular weight excluding hydrogens is 419 g/mol. The molecule has 0 saturated carbocycles. The van der Waals surface area contributed by atoms with Gasteiger partial charge in [0.1, 0.15) is 0 Å². The lowest BCUT2D eigenvalue weighted by Gasteiger charge is -2.15. The summed E-state index contributed by atoms with van der Waals surface area (Å²) in [5, 5.41) is 8.82. The highest BCUT2D eigenvalue weighted by Gasteiger charge is 2.01. The molecule has 0 aliphatic heterocycles. The Labute approximate surface area is 160 Å². The predicted octanol–water partition coefficient (Wildman–Crippen LogP) is 3.34. The summed E-state index contributed by atoms with van der Waals surface area (Å²) in [4.78, 5) is 7.77. The maximum Gasteiger partial charge on any atom is 0.191 e. The number of anilines is 1. The fourth-order valence-corrected chi connectivity index (χ4v) is 2.82. The first-order valence-electron chi connectivity index (χ1n) is 7.42. The second kappa shape index (κ2) is 10.5. The third-order valence-corrected chi connectivity index (χ3v) is 4.29. The van der Waals surface area contributed by atoms with Crippen molar-refractivity contribution in [3.05, 3.63) is 52.2 Å². The van der Waals surface area contributed by atoms with E-state index in [1.807, 2.05) is 0 Å². The smallest absolute Gasteiger partial charge is 0.191 e. The van der Waals surface area contributed by atoms with Crippen LogP contribution in [0.1, 0.15) is 10.4 Å². The average Bonchev–Trinajstić information content (AvgIpc) is 3.04. The molecule has 0 spiro atoms. The van der Waals surface area contributed by atoms with Gasteiger partial charge in [0, 0.05) is 44.8 Å². The fraction of sp³-hybridized carbons (Fsp3) is 0.353. The van der Waals surface area contributed by atoms with E-state index in [2.05, 4.69) is 76.4 Å². The quantitative estimate of drug-likeness (QED) is 0.408. The molecule has 2 aromatic rings. The van der Waals surface area contributed by atoms with Crippen molar-refractivity contribution >= 4 is 47.0 Å². The zero-order chi connectivity index (χ0) is 15.8. The van der Waals surface area contributed by atoms with Crippen LogP contribution in [0.5, 0.6) is 0 Å². The number of hydrogen-bond donors (Lipinski definition) is 2. The second-order valence-corrected chi connectivity index (χ2v) is 6.28. The van der Waals surface area contributed by atoms with Crippen molar-refractivity contribution in [1.29, 1.82) is 0 Å². The molecule has 6 heteroatoms. The van der Waals surface area contributed by atoms with E-state index in [9.17, 15) is 0 Å². The molecule has 0 aliphatic carbocycles. The highest BCUT2D eigenvalue weighted by Crippen LogP contribution is 2.13. The molecular formula is C17H25IN4S. The molecule has 0 aliphatic rings. The van der Waals surface area contributed by atoms with Gasteiger partial charge in [-0.1, -0.05) is 18.2 Å². The van der Waals surface area contributed by atoms with Crippen LogP contribution >= 0.6 is 35.3 Å². The number of guanidine groups is 1. The summed E-state index contributed by atoms with van der Waals surface area (Å²) >= 11 is 1.79. The molecule has 2 rings (SSSR count). The van der Waals surface area contributed by atoms with E-state index >= 15 is 0 Å². The predicted molar refractivity (Wildman–Crippen MR) is 112 cm³/mol. The number of thiophene rings is 1. The molecule has 126 valence electrons. The lowest BCUT2D eigenvalue weighted by atomic mass is 10.2. The SMILES string of the molecule is CN=C(NCCc1cccs1)NCc1cccc(N(C)C)c1.I. The molecule has 0 saturated heterocycles. The number of aliphatic imine (C=N–C) groups is 1. The van der Waals surface area contributed by atoms with Crippen molar-refractivity contribution in [3.63, 3.8) is 0 Å². The average molecular weight is 444 g/mol. The lowest BCUT2D eigenvalue weighted by molar-refractivity contribution is 0.799. The molecule has 1 heterocycles. The maximum atomic E-state index is 4.27. The van der Waals surface area contributed by atoms with Crippen LogP contribution in [0.3, 0.4) is 0 Å². The van der Waals surface area contributed by atoms with Crippen LogP contribution in [0.25, 0.3) is 0 Å². The van der Waals surface area contributed by atoms with E-state index in [0.717, 1.165) is 25.5 Å². The van der Waals surface area contributed by atoms with Gasteiger partial charge in [-0.15, -0.1) is 35.3 Å². The molecule has 0 atom stereocenters. The fourth-order valence-electron chi connectivity index (χ4n) is 2.11. The zero-order valence-electron chi connectivity index (χ0n) is 13.9. The van der Waals surface area contributed by atoms with Crippen molar-refractivity contribution < 1.29 is 0 Å². The van der Waals surface area contributed by atoms with Gasteiger partial charge in [0.2, 0.25) is 0 Å². The van der Waals surface area contributed by atoms with Gasteiger partial charge in [0.05, 0.1) is 0 Å². The first-order valence-corrected chi connectivity index (χ1v) is 8.30. The minimum Gasteiger partial charge on any atom is -0.378 e. The Morgan fingerprint density at radius 3 is 2.65 bits per heavy atom. The van der Waals surface area contributed by atoms with E-state index in [4.69, 9.17) is 0 Å². The molecule has 0 amide bonds. The second-order valence-electron chi connectivity index (χ2n) is 5.25. The van der Waals surface area contributed by atoms with Crippen LogP contribution in [0.15, 0.2) is 46.8 Å². The van der Waals surface area contributed by atoms with E-state index in [-0.39, 0.29) is 24.0 Å². The standard InChI is InChI=1S/C17H24N4S.HI/c1-18-17(19-10-9-16-8-5-11-22-16)20-13-14-6-4-7-15(12-14)21(2)3;/h4-8,11-12H,9-10,13H2,1-3H3,(H2,18,19,20);1H. The summed E-state index contributed by atoms with van der Waals surface area (Å²) in [6, 6.07) is 12.8. The van der Waals surface area contributed by atoms with Crippen molar-refractivity contribution in [1.82, 2.24) is 10.6 Å². The molecule has 1 aromatic carbocycles. The normalized spacial score (nSPS) is 10.8. The Bertz CT molecular complexity index is 596. The van der Waals surface area contributed by atoms with Crippen molar-refractivity contribution in [2.75, 3.05) is 32.6 Å². The van der Waals surface area contributed by atoms with E-state index in [0.29, 0.717) is 0 Å². The van der Waals surface area contributed by atoms with Gasteiger partial charge in [-0.25, -0.2) is 0 Å². The van der Waals surface area contributed by atoms with Crippen LogP contribution in [0.2, 0.25) is 0 Å². The summed E-state index contributed by atoms with van der Waals surface area (Å²) in [5.41, 5.74) is 2.45. The molecule has 0 unspecified atom stereocenters. The lowest BCUT2D eigenvalue weighted by Crippen LogP contribution is -2.37. The number of benzene rings is 1. The minimum absolute atomic E-state index is 0. The van der Waals surface area contributed by atoms with Crippen molar-refractivity contribution in [3.8, 4) is 0 Å². The maximum absolute atomic E-state index is 4.27. The van der Waals surface area contributed by atoms with Gasteiger partial charge in [0.25, 0.3) is 0 Å². The Balaban J connectivity index is 0.00000264. The molecule has 0 radical (unpaired) electrons. The molecule has 0 fully saturated rings. The summed E-state index contributed by atoms with van der Waals surface area (Å²) in [5.74, 6) is 0.840. The van der Waals surface area contributed by atoms with E-state index < -0.39 is 0 Å². The van der Waals surface area contributed by atoms with Gasteiger partial charge in [0.15, 0.2) is 5.96 Å². The number of hydrogen-bond acceptors (Lipinski definition) is 3. The van der Waals surface area contributed by atoms with Crippen molar-refractivity contribution in [2.24, 2.45) is 4.99 Å². The third kappa shape index (κ3) is 6.78. The number of nitrogens with one attached hydrogen (secondary N) is 2. The third-order valence-electron chi connectivity index (χ3n) is 3.35. The van der Waals surface area contributed by atoms with Crippen LogP contribution in [-0.4, -0.2) is 33.6 Å². The molecule has 4 nitrogen and oxygen atoms in total. The number of nitrogens with zero attached hydrogens (tertiary/aromatic N) is 2. The van der Waals surface area contributed by atoms with Crippen LogP contribution < -0.4 is 15.5 Å². The first kappa shape index (κ1) is 19.8. The Hall–Kier alpha value is -1.28. The van der Waals surface area contributed by atoms with Crippen LogP contribution in [-0.2, 0) is 13.0 Å². The molecule has 23 heavy (non-hydrogen) atoms. The van der Waals surface area contributed by atoms with Crippen molar-refractivity contribution in [2.45, 2.75) is 13.0 Å². The topological polar surface area (TPSA) is 39.7 Å². The van der Waals surface area contributed by atoms with Gasteiger partial charge in [-0.05, 0) is 35.6 Å². The highest BCUT2D eigenvalue weighted by atomic mass is 127. The van der Waals surface area contributed by atoms with E-state index in [1.54, 1.807) is 18.4 Å². The van der Waals surface area contributed by atoms with Gasteiger partial charge >= 0.3 is 0 Å². The van der Waals surface area contributed by atoms with Crippen LogP contribution in [0, 0.1) is 0 Å². The molecule has 1 aromatic heterocycles. The van der Waals surface area contributed by atoms with Gasteiger partial charge in [-0.3, -0.25) is 4.99 Å². The minimum atomic E-state index is 0. The first-order chi connectivity index (χ1) is 10.7. The Kier molecular flexibility index (Phi) is 9.01. The molecule has 0 bridgehead atoms. The molecule has 2 N–H and O–H groups in total. The number of rotatable bonds is 6. The van der Waals surface area contributed by atoms with Gasteiger partial charge in [-0.2, -0.15) is 0 Å². The Morgan fingerprint density at radius 1 is 1.17 bits per heavy atom. The largest absolute Gasteiger partial charge is 0.378 e. The summed E-state index contributed by atoms with van der Waals surface area (Å²) in [6.07, 6.45) is 1.02. The zero-order valence-corrected chi connectivity index (χ0v) is 17.0. The summed E-state index contributed by atoms with van der Waals surface area (Å²) in [6.45, 7) is 1.65. The van der Waals surface area contributed by atoms with Gasteiger partial charge < -0.3 is 15.5 Å².